The zero-order valence-electron chi connectivity index (χ0n) is 18.6. The molecule has 33 heavy (non-hydrogen) atoms. The molecule has 0 radical (unpaired) electrons. The summed E-state index contributed by atoms with van der Waals surface area (Å²) in [6, 6.07) is 34.6. The van der Waals surface area contributed by atoms with Gasteiger partial charge in [0.2, 0.25) is 0 Å². The van der Waals surface area contributed by atoms with Crippen LogP contribution in [0.5, 0.6) is 17.2 Å². The summed E-state index contributed by atoms with van der Waals surface area (Å²) in [6.07, 6.45) is -0.0297. The molecule has 1 aliphatic heterocycles. The molecule has 0 spiro atoms. The van der Waals surface area contributed by atoms with E-state index in [0.717, 1.165) is 39.6 Å². The minimum Gasteiger partial charge on any atom is -0.489 e. The summed E-state index contributed by atoms with van der Waals surface area (Å²) in [6.45, 7) is 3.17. The standard InChI is InChI=1S/C29H27NO3/c1-21-29(24-12-14-25(15-13-24)31-19-22-8-4-2-5-9-22)30-27-17-16-26(18-28(27)33-21)32-20-23-10-6-3-7-11-23/h2-18,21,29-30H,19-20H2,1H3/t21?,29-/m0/s1. The molecule has 1 heterocycles. The molecule has 1 N–H and O–H groups in total. The van der Waals surface area contributed by atoms with Gasteiger partial charge in [0.25, 0.3) is 0 Å². The highest BCUT2D eigenvalue weighted by atomic mass is 16.5. The molecule has 0 fully saturated rings. The molecular weight excluding hydrogens is 410 g/mol. The highest BCUT2D eigenvalue weighted by Crippen LogP contribution is 2.39. The van der Waals surface area contributed by atoms with Crippen molar-refractivity contribution in [3.05, 3.63) is 120 Å². The van der Waals surface area contributed by atoms with Crippen LogP contribution in [-0.2, 0) is 13.2 Å². The second-order valence-electron chi connectivity index (χ2n) is 8.22. The van der Waals surface area contributed by atoms with Crippen LogP contribution < -0.4 is 19.5 Å². The van der Waals surface area contributed by atoms with Gasteiger partial charge < -0.3 is 19.5 Å². The maximum absolute atomic E-state index is 6.25. The van der Waals surface area contributed by atoms with Crippen molar-refractivity contribution in [3.8, 4) is 17.2 Å². The highest BCUT2D eigenvalue weighted by molar-refractivity contribution is 5.62. The third-order valence-corrected chi connectivity index (χ3v) is 5.78. The lowest BCUT2D eigenvalue weighted by molar-refractivity contribution is 0.186. The molecule has 4 nitrogen and oxygen atoms in total. The van der Waals surface area contributed by atoms with E-state index in [9.17, 15) is 0 Å². The van der Waals surface area contributed by atoms with Crippen LogP contribution in [0.2, 0.25) is 0 Å². The van der Waals surface area contributed by atoms with Crippen LogP contribution in [0.3, 0.4) is 0 Å². The Morgan fingerprint density at radius 1 is 0.697 bits per heavy atom. The van der Waals surface area contributed by atoms with Crippen LogP contribution in [0.1, 0.15) is 29.7 Å². The molecule has 5 rings (SSSR count). The molecule has 1 unspecified atom stereocenters. The molecule has 0 aromatic heterocycles. The van der Waals surface area contributed by atoms with E-state index in [4.69, 9.17) is 14.2 Å². The summed E-state index contributed by atoms with van der Waals surface area (Å²) < 4.78 is 18.1. The maximum atomic E-state index is 6.25. The predicted octanol–water partition coefficient (Wildman–Crippen LogP) is 6.78. The number of benzene rings is 4. The fourth-order valence-electron chi connectivity index (χ4n) is 3.97. The van der Waals surface area contributed by atoms with Crippen molar-refractivity contribution in [1.82, 2.24) is 0 Å². The van der Waals surface area contributed by atoms with E-state index in [-0.39, 0.29) is 12.1 Å². The predicted molar refractivity (Wildman–Crippen MR) is 131 cm³/mol. The van der Waals surface area contributed by atoms with Gasteiger partial charge >= 0.3 is 0 Å². The second-order valence-corrected chi connectivity index (χ2v) is 8.22. The summed E-state index contributed by atoms with van der Waals surface area (Å²) in [4.78, 5) is 0. The lowest BCUT2D eigenvalue weighted by Gasteiger charge is -2.33. The van der Waals surface area contributed by atoms with E-state index in [1.165, 1.54) is 0 Å². The van der Waals surface area contributed by atoms with E-state index in [0.29, 0.717) is 13.2 Å². The monoisotopic (exact) mass is 437 g/mol. The number of ether oxygens (including phenoxy) is 3. The summed E-state index contributed by atoms with van der Waals surface area (Å²) in [5, 5.41) is 3.62. The molecule has 0 saturated heterocycles. The number of rotatable bonds is 7. The van der Waals surface area contributed by atoms with Gasteiger partial charge in [0.1, 0.15) is 36.6 Å². The van der Waals surface area contributed by atoms with Gasteiger partial charge in [-0.3, -0.25) is 0 Å². The molecular formula is C29H27NO3. The molecule has 4 aromatic carbocycles. The largest absolute Gasteiger partial charge is 0.489 e. The third kappa shape index (κ3) is 5.12. The average molecular weight is 438 g/mol. The first-order valence-corrected chi connectivity index (χ1v) is 11.3. The fourth-order valence-corrected chi connectivity index (χ4v) is 3.97. The topological polar surface area (TPSA) is 39.7 Å². The zero-order chi connectivity index (χ0) is 22.5. The summed E-state index contributed by atoms with van der Waals surface area (Å²) in [5.74, 6) is 2.46. The number of nitrogens with one attached hydrogen (secondary N) is 1. The van der Waals surface area contributed by atoms with Gasteiger partial charge in [0.05, 0.1) is 11.7 Å². The Morgan fingerprint density at radius 3 is 1.91 bits per heavy atom. The molecule has 0 bridgehead atoms. The second kappa shape index (κ2) is 9.70. The molecule has 166 valence electrons. The molecule has 2 atom stereocenters. The van der Waals surface area contributed by atoms with Crippen LogP contribution in [0.4, 0.5) is 5.69 Å². The van der Waals surface area contributed by atoms with Crippen LogP contribution in [0.25, 0.3) is 0 Å². The van der Waals surface area contributed by atoms with Crippen molar-refractivity contribution in [3.63, 3.8) is 0 Å². The first kappa shape index (κ1) is 21.0. The minimum atomic E-state index is -0.0297. The van der Waals surface area contributed by atoms with Crippen LogP contribution >= 0.6 is 0 Å². The van der Waals surface area contributed by atoms with E-state index < -0.39 is 0 Å². The van der Waals surface area contributed by atoms with Gasteiger partial charge in [0, 0.05) is 6.07 Å². The Labute approximate surface area is 194 Å². The summed E-state index contributed by atoms with van der Waals surface area (Å²) >= 11 is 0. The van der Waals surface area contributed by atoms with Gasteiger partial charge in [-0.15, -0.1) is 0 Å². The third-order valence-electron chi connectivity index (χ3n) is 5.78. The zero-order valence-corrected chi connectivity index (χ0v) is 18.6. The molecule has 4 aromatic rings. The number of fused-ring (bicyclic) bond motifs is 1. The Bertz CT molecular complexity index is 1180. The molecule has 1 aliphatic rings. The fraction of sp³-hybridized carbons (Fsp3) is 0.172. The molecule has 0 amide bonds. The van der Waals surface area contributed by atoms with Crippen molar-refractivity contribution in [1.29, 1.82) is 0 Å². The lowest BCUT2D eigenvalue weighted by Crippen LogP contribution is -2.32. The SMILES string of the molecule is CC1Oc2cc(OCc3ccccc3)ccc2N[C@@H]1c1ccc(OCc2ccccc2)cc1. The quantitative estimate of drug-likeness (QED) is 0.346. The molecule has 0 aliphatic carbocycles. The van der Waals surface area contributed by atoms with E-state index in [1.807, 2.05) is 66.7 Å². The number of anilines is 1. The summed E-state index contributed by atoms with van der Waals surface area (Å²) in [7, 11) is 0. The normalized spacial score (nSPS) is 16.8. The molecule has 0 saturated carbocycles. The van der Waals surface area contributed by atoms with E-state index >= 15 is 0 Å². The van der Waals surface area contributed by atoms with Gasteiger partial charge in [-0.05, 0) is 47.9 Å². The van der Waals surface area contributed by atoms with Gasteiger partial charge in [0.15, 0.2) is 0 Å². The van der Waals surface area contributed by atoms with Gasteiger partial charge in [-0.1, -0.05) is 72.8 Å². The minimum absolute atomic E-state index is 0.0297. The van der Waals surface area contributed by atoms with Crippen LogP contribution in [-0.4, -0.2) is 6.10 Å². The Kier molecular flexibility index (Phi) is 6.16. The average Bonchev–Trinajstić information content (AvgIpc) is 2.87. The van der Waals surface area contributed by atoms with Crippen molar-refractivity contribution < 1.29 is 14.2 Å². The number of hydrogen-bond acceptors (Lipinski definition) is 4. The Hall–Kier alpha value is -3.92. The van der Waals surface area contributed by atoms with Crippen molar-refractivity contribution in [2.45, 2.75) is 32.3 Å². The Morgan fingerprint density at radius 2 is 1.27 bits per heavy atom. The first-order valence-electron chi connectivity index (χ1n) is 11.3. The first-order chi connectivity index (χ1) is 16.2. The van der Waals surface area contributed by atoms with E-state index in [2.05, 4.69) is 48.6 Å². The van der Waals surface area contributed by atoms with E-state index in [1.54, 1.807) is 0 Å². The Balaban J connectivity index is 1.22. The molecule has 4 heteroatoms. The van der Waals surface area contributed by atoms with Crippen molar-refractivity contribution >= 4 is 5.69 Å². The lowest BCUT2D eigenvalue weighted by atomic mass is 10.00. The van der Waals surface area contributed by atoms with Crippen molar-refractivity contribution in [2.24, 2.45) is 0 Å². The van der Waals surface area contributed by atoms with Crippen LogP contribution in [0, 0.1) is 0 Å². The smallest absolute Gasteiger partial charge is 0.146 e. The summed E-state index contributed by atoms with van der Waals surface area (Å²) in [5.41, 5.74) is 4.42. The van der Waals surface area contributed by atoms with Crippen LogP contribution in [0.15, 0.2) is 103 Å². The van der Waals surface area contributed by atoms with Crippen molar-refractivity contribution in [2.75, 3.05) is 5.32 Å². The van der Waals surface area contributed by atoms with Gasteiger partial charge in [-0.2, -0.15) is 0 Å². The maximum Gasteiger partial charge on any atom is 0.146 e. The van der Waals surface area contributed by atoms with Gasteiger partial charge in [-0.25, -0.2) is 0 Å². The highest BCUT2D eigenvalue weighted by Gasteiger charge is 2.27. The number of hydrogen-bond donors (Lipinski definition) is 1.